The van der Waals surface area contributed by atoms with Gasteiger partial charge in [0.25, 0.3) is 0 Å². The van der Waals surface area contributed by atoms with Crippen LogP contribution in [0.5, 0.6) is 0 Å². The molecule has 1 aromatic carbocycles. The monoisotopic (exact) mass is 436 g/mol. The summed E-state index contributed by atoms with van der Waals surface area (Å²) in [6, 6.07) is 1.29. The summed E-state index contributed by atoms with van der Waals surface area (Å²) >= 11 is 0. The van der Waals surface area contributed by atoms with Gasteiger partial charge in [0.1, 0.15) is 0 Å². The first-order chi connectivity index (χ1) is 14.1. The van der Waals surface area contributed by atoms with Crippen LogP contribution in [0.15, 0.2) is 6.07 Å². The fourth-order valence-electron chi connectivity index (χ4n) is 4.80. The van der Waals surface area contributed by atoms with Gasteiger partial charge in [-0.25, -0.2) is 9.52 Å². The van der Waals surface area contributed by atoms with E-state index in [4.69, 9.17) is 0 Å². The summed E-state index contributed by atoms with van der Waals surface area (Å²) in [5.74, 6) is 0. The van der Waals surface area contributed by atoms with Crippen molar-refractivity contribution in [1.82, 2.24) is 14.3 Å². The second kappa shape index (κ2) is 9.24. The molecule has 0 aliphatic heterocycles. The number of benzene rings is 1. The third kappa shape index (κ3) is 4.98. The molecule has 2 amide bonds. The molecule has 0 spiro atoms. The van der Waals surface area contributed by atoms with Crippen molar-refractivity contribution in [1.29, 1.82) is 0 Å². The summed E-state index contributed by atoms with van der Waals surface area (Å²) < 4.78 is 29.7. The van der Waals surface area contributed by atoms with Crippen LogP contribution < -0.4 is 15.4 Å². The molecule has 0 heterocycles. The molecule has 0 saturated heterocycles. The van der Waals surface area contributed by atoms with Crippen LogP contribution >= 0.6 is 0 Å². The second-order valence-electron chi connectivity index (χ2n) is 9.13. The lowest BCUT2D eigenvalue weighted by atomic mass is 9.99. The molecule has 8 heteroatoms. The van der Waals surface area contributed by atoms with Crippen LogP contribution in [0.1, 0.15) is 69.7 Å². The molecule has 2 aliphatic rings. The number of hydrogen-bond donors (Lipinski definition) is 3. The Bertz CT molecular complexity index is 864. The Morgan fingerprint density at radius 1 is 1.00 bits per heavy atom. The first-order valence-electron chi connectivity index (χ1n) is 11.1. The minimum absolute atomic E-state index is 0.252. The maximum atomic E-state index is 13.1. The number of carbonyl (C=O) groups excluding carboxylic acids is 1. The Kier molecular flexibility index (Phi) is 7.09. The number of aryl methyl sites for hydroxylation is 2. The highest BCUT2D eigenvalue weighted by Gasteiger charge is 2.32. The topological polar surface area (TPSA) is 90.5 Å². The van der Waals surface area contributed by atoms with E-state index in [2.05, 4.69) is 21.4 Å². The number of rotatable bonds is 8. The van der Waals surface area contributed by atoms with Gasteiger partial charge < -0.3 is 10.6 Å². The van der Waals surface area contributed by atoms with E-state index in [0.29, 0.717) is 6.54 Å². The fourth-order valence-corrected chi connectivity index (χ4v) is 6.29. The number of anilines is 1. The van der Waals surface area contributed by atoms with Crippen LogP contribution in [0.4, 0.5) is 10.5 Å². The molecule has 30 heavy (non-hydrogen) atoms. The van der Waals surface area contributed by atoms with Crippen molar-refractivity contribution in [2.24, 2.45) is 0 Å². The third-order valence-electron chi connectivity index (χ3n) is 5.98. The van der Waals surface area contributed by atoms with Gasteiger partial charge in [0.15, 0.2) is 0 Å². The smallest absolute Gasteiger partial charge is 0.313 e. The van der Waals surface area contributed by atoms with Gasteiger partial charge in [0.05, 0.1) is 0 Å². The van der Waals surface area contributed by atoms with E-state index >= 15 is 0 Å². The number of hydrogen-bond acceptors (Lipinski definition) is 4. The van der Waals surface area contributed by atoms with E-state index in [1.54, 1.807) is 0 Å². The highest BCUT2D eigenvalue weighted by atomic mass is 32.2. The van der Waals surface area contributed by atoms with E-state index in [9.17, 15) is 13.2 Å². The quantitative estimate of drug-likeness (QED) is 0.584. The number of nitrogens with zero attached hydrogens (tertiary/aromatic N) is 1. The van der Waals surface area contributed by atoms with Gasteiger partial charge >= 0.3 is 16.2 Å². The lowest BCUT2D eigenvalue weighted by Crippen LogP contribution is -2.54. The van der Waals surface area contributed by atoms with Crippen molar-refractivity contribution in [3.05, 3.63) is 28.3 Å². The molecule has 7 nitrogen and oxygen atoms in total. The standard InChI is InChI=1S/C22H36N4O3S/c1-14(2)23-13-16(5)26(15(3)4)30(28,29)25-22(27)24-21-19-10-6-8-17(19)12-18-9-7-11-20(18)21/h12,14-16,23H,6-11,13H2,1-5H3,(H2,24,25,27). The molecule has 0 saturated carbocycles. The van der Waals surface area contributed by atoms with Gasteiger partial charge in [-0.2, -0.15) is 12.7 Å². The van der Waals surface area contributed by atoms with Gasteiger partial charge in [0, 0.05) is 30.4 Å². The number of amides is 2. The van der Waals surface area contributed by atoms with Crippen molar-refractivity contribution in [3.8, 4) is 0 Å². The zero-order chi connectivity index (χ0) is 22.1. The van der Waals surface area contributed by atoms with Crippen LogP contribution in [0.25, 0.3) is 0 Å². The maximum absolute atomic E-state index is 13.1. The molecular formula is C22H36N4O3S. The number of carbonyl (C=O) groups is 1. The lowest BCUT2D eigenvalue weighted by molar-refractivity contribution is 0.251. The molecule has 3 rings (SSSR count). The minimum Gasteiger partial charge on any atom is -0.313 e. The third-order valence-corrected chi connectivity index (χ3v) is 7.76. The minimum atomic E-state index is -3.98. The average molecular weight is 437 g/mol. The van der Waals surface area contributed by atoms with E-state index in [0.717, 1.165) is 44.2 Å². The summed E-state index contributed by atoms with van der Waals surface area (Å²) in [6.07, 6.45) is 6.07. The predicted octanol–water partition coefficient (Wildman–Crippen LogP) is 3.13. The Morgan fingerprint density at radius 3 is 2.07 bits per heavy atom. The second-order valence-corrected chi connectivity index (χ2v) is 10.7. The first-order valence-corrected chi connectivity index (χ1v) is 12.6. The number of urea groups is 1. The molecule has 3 N–H and O–H groups in total. The van der Waals surface area contributed by atoms with E-state index < -0.39 is 16.2 Å². The molecule has 168 valence electrons. The van der Waals surface area contributed by atoms with Crippen LogP contribution in [0.2, 0.25) is 0 Å². The molecule has 1 atom stereocenters. The Morgan fingerprint density at radius 2 is 1.57 bits per heavy atom. The van der Waals surface area contributed by atoms with E-state index in [-0.39, 0.29) is 18.1 Å². The van der Waals surface area contributed by atoms with Gasteiger partial charge in [-0.1, -0.05) is 19.9 Å². The SMILES string of the molecule is CC(C)NCC(C)N(C(C)C)S(=O)(=O)NC(=O)Nc1c2c(cc3c1CCC3)CCC2. The predicted molar refractivity (Wildman–Crippen MR) is 121 cm³/mol. The van der Waals surface area contributed by atoms with Crippen molar-refractivity contribution in [3.63, 3.8) is 0 Å². The summed E-state index contributed by atoms with van der Waals surface area (Å²) in [7, 11) is -3.98. The summed E-state index contributed by atoms with van der Waals surface area (Å²) in [4.78, 5) is 12.8. The lowest BCUT2D eigenvalue weighted by Gasteiger charge is -2.32. The van der Waals surface area contributed by atoms with Gasteiger partial charge in [-0.15, -0.1) is 0 Å². The van der Waals surface area contributed by atoms with E-state index in [1.807, 2.05) is 34.6 Å². The normalized spacial score (nSPS) is 16.8. The van der Waals surface area contributed by atoms with Crippen molar-refractivity contribution >= 4 is 21.9 Å². The van der Waals surface area contributed by atoms with Crippen LogP contribution in [-0.2, 0) is 35.9 Å². The van der Waals surface area contributed by atoms with Crippen LogP contribution in [0, 0.1) is 0 Å². The van der Waals surface area contributed by atoms with Gasteiger partial charge in [-0.3, -0.25) is 0 Å². The highest BCUT2D eigenvalue weighted by Crippen LogP contribution is 2.38. The molecule has 0 radical (unpaired) electrons. The van der Waals surface area contributed by atoms with Crippen LogP contribution in [0.3, 0.4) is 0 Å². The zero-order valence-corrected chi connectivity index (χ0v) is 19.7. The molecule has 2 aliphatic carbocycles. The molecular weight excluding hydrogens is 400 g/mol. The maximum Gasteiger partial charge on any atom is 0.333 e. The first kappa shape index (κ1) is 23.0. The Labute approximate surface area is 181 Å². The Hall–Kier alpha value is -1.64. The number of nitrogens with one attached hydrogen (secondary N) is 3. The van der Waals surface area contributed by atoms with Crippen molar-refractivity contribution in [2.75, 3.05) is 11.9 Å². The molecule has 1 aromatic rings. The summed E-state index contributed by atoms with van der Waals surface area (Å²) in [5.41, 5.74) is 5.80. The molecule has 0 bridgehead atoms. The van der Waals surface area contributed by atoms with Crippen LogP contribution in [-0.4, -0.2) is 43.4 Å². The largest absolute Gasteiger partial charge is 0.333 e. The van der Waals surface area contributed by atoms with Crippen molar-refractivity contribution in [2.45, 2.75) is 91.3 Å². The summed E-state index contributed by atoms with van der Waals surface area (Å²) in [5, 5.41) is 6.18. The zero-order valence-electron chi connectivity index (χ0n) is 18.8. The highest BCUT2D eigenvalue weighted by molar-refractivity contribution is 7.87. The van der Waals surface area contributed by atoms with Gasteiger partial charge in [-0.05, 0) is 81.5 Å². The Balaban J connectivity index is 1.77. The summed E-state index contributed by atoms with van der Waals surface area (Å²) in [6.45, 7) is 10.0. The molecule has 1 unspecified atom stereocenters. The molecule has 0 fully saturated rings. The fraction of sp³-hybridized carbons (Fsp3) is 0.682. The van der Waals surface area contributed by atoms with Gasteiger partial charge in [0.2, 0.25) is 0 Å². The van der Waals surface area contributed by atoms with Crippen molar-refractivity contribution < 1.29 is 13.2 Å². The molecule has 0 aromatic heterocycles. The van der Waals surface area contributed by atoms with E-state index in [1.165, 1.54) is 26.6 Å². The average Bonchev–Trinajstić information content (AvgIpc) is 3.27. The number of fused-ring (bicyclic) bond motifs is 2.